The smallest absolute Gasteiger partial charge is 0.332 e. The molecular formula is C26H29N7O4S. The number of fused-ring (bicyclic) bond motifs is 2. The van der Waals surface area contributed by atoms with Crippen LogP contribution < -0.4 is 15.8 Å². The number of ether oxygens (including phenoxy) is 1. The molecule has 0 saturated carbocycles. The van der Waals surface area contributed by atoms with Gasteiger partial charge in [-0.3, -0.25) is 14.6 Å². The van der Waals surface area contributed by atoms with Crippen LogP contribution in [0.25, 0.3) is 10.2 Å². The lowest BCUT2D eigenvalue weighted by Gasteiger charge is -2.42. The van der Waals surface area contributed by atoms with E-state index in [0.29, 0.717) is 18.2 Å². The molecule has 2 aromatic carbocycles. The molecule has 2 saturated heterocycles. The normalized spacial score (nSPS) is 17.6. The van der Waals surface area contributed by atoms with Gasteiger partial charge < -0.3 is 25.6 Å². The van der Waals surface area contributed by atoms with Crippen LogP contribution in [0.5, 0.6) is 5.75 Å². The van der Waals surface area contributed by atoms with Crippen molar-refractivity contribution in [2.75, 3.05) is 39.0 Å². The van der Waals surface area contributed by atoms with Crippen molar-refractivity contribution in [3.8, 4) is 5.75 Å². The lowest BCUT2D eigenvalue weighted by Crippen LogP contribution is -2.62. The first-order valence-corrected chi connectivity index (χ1v) is 13.0. The molecule has 3 aromatic rings. The molecule has 2 aliphatic heterocycles. The predicted octanol–water partition coefficient (Wildman–Crippen LogP) is 2.01. The number of piperazine rings is 1. The van der Waals surface area contributed by atoms with Crippen molar-refractivity contribution in [1.29, 1.82) is 0 Å². The molecule has 0 unspecified atom stereocenters. The highest BCUT2D eigenvalue weighted by molar-refractivity contribution is 7.22. The van der Waals surface area contributed by atoms with Crippen molar-refractivity contribution in [1.82, 2.24) is 30.1 Å². The predicted molar refractivity (Wildman–Crippen MR) is 144 cm³/mol. The minimum Gasteiger partial charge on any atom is -0.497 e. The molecule has 198 valence electrons. The van der Waals surface area contributed by atoms with Crippen LogP contribution in [0, 0.1) is 0 Å². The highest BCUT2D eigenvalue weighted by atomic mass is 32.1. The van der Waals surface area contributed by atoms with E-state index in [1.807, 2.05) is 42.5 Å². The summed E-state index contributed by atoms with van der Waals surface area (Å²) in [5.74, 6) is 0.375. The molecule has 3 heterocycles. The Balaban J connectivity index is 1.32. The number of nitrogens with one attached hydrogen (secondary N) is 1. The second-order valence-corrected chi connectivity index (χ2v) is 10.1. The molecule has 0 bridgehead atoms. The van der Waals surface area contributed by atoms with Crippen molar-refractivity contribution < 1.29 is 19.1 Å². The molecule has 3 N–H and O–H groups in total. The summed E-state index contributed by atoms with van der Waals surface area (Å²) < 4.78 is 6.14. The Morgan fingerprint density at radius 3 is 2.76 bits per heavy atom. The van der Waals surface area contributed by atoms with Gasteiger partial charge in [0.25, 0.3) is 0 Å². The van der Waals surface area contributed by atoms with E-state index in [9.17, 15) is 14.4 Å². The molecule has 11 nitrogen and oxygen atoms in total. The van der Waals surface area contributed by atoms with Gasteiger partial charge in [0.2, 0.25) is 11.8 Å². The van der Waals surface area contributed by atoms with Gasteiger partial charge in [0, 0.05) is 13.1 Å². The molecule has 5 rings (SSSR count). The number of carbonyl (C=O) groups is 3. The number of nitrogen functional groups attached to an aromatic ring is 1. The molecule has 38 heavy (non-hydrogen) atoms. The number of amides is 4. The van der Waals surface area contributed by atoms with Crippen LogP contribution in [-0.2, 0) is 22.7 Å². The van der Waals surface area contributed by atoms with E-state index < -0.39 is 6.17 Å². The number of hydrazine groups is 1. The van der Waals surface area contributed by atoms with Crippen molar-refractivity contribution >= 4 is 44.5 Å². The number of thiazole rings is 1. The number of aromatic nitrogens is 1. The zero-order valence-electron chi connectivity index (χ0n) is 21.0. The second-order valence-electron chi connectivity index (χ2n) is 9.07. The molecule has 0 aliphatic carbocycles. The monoisotopic (exact) mass is 535 g/mol. The number of rotatable bonds is 8. The van der Waals surface area contributed by atoms with Gasteiger partial charge in [-0.15, -0.1) is 6.58 Å². The molecule has 12 heteroatoms. The zero-order valence-corrected chi connectivity index (χ0v) is 21.8. The number of nitrogens with zero attached hydrogens (tertiary/aromatic N) is 5. The largest absolute Gasteiger partial charge is 0.497 e. The molecule has 0 radical (unpaired) electrons. The standard InChI is InChI=1S/C26H29N7O4S/c1-3-11-32(26(36)28-12-17-7-9-19(37-2)10-8-17)33-16-23(35)31-15-22(34)30(14-21(31)33)13-18-5-4-6-20-24(18)29-25(27)38-20/h3-10,21H,1,11-16H2,2H3,(H2,27,29)(H,28,36)/t21-/m0/s1. The highest BCUT2D eigenvalue weighted by Crippen LogP contribution is 2.29. The lowest BCUT2D eigenvalue weighted by molar-refractivity contribution is -0.149. The SMILES string of the molecule is C=CCN(C(=O)NCc1ccc(OC)cc1)N1CC(=O)N2CC(=O)N(Cc3cccc4sc(N)nc34)C[C@@H]21. The maximum Gasteiger partial charge on any atom is 0.332 e. The zero-order chi connectivity index (χ0) is 26.8. The van der Waals surface area contributed by atoms with Crippen molar-refractivity contribution in [2.24, 2.45) is 0 Å². The molecule has 2 fully saturated rings. The molecule has 0 spiro atoms. The molecule has 4 amide bonds. The van der Waals surface area contributed by atoms with E-state index >= 15 is 0 Å². The van der Waals surface area contributed by atoms with Gasteiger partial charge in [-0.05, 0) is 29.3 Å². The topological polar surface area (TPSA) is 124 Å². The third-order valence-electron chi connectivity index (χ3n) is 6.69. The number of hydrogen-bond acceptors (Lipinski definition) is 8. The number of carbonyl (C=O) groups excluding carboxylic acids is 3. The van der Waals surface area contributed by atoms with E-state index in [0.717, 1.165) is 27.1 Å². The Kier molecular flexibility index (Phi) is 7.16. The van der Waals surface area contributed by atoms with Crippen LogP contribution in [-0.4, -0.2) is 82.1 Å². The summed E-state index contributed by atoms with van der Waals surface area (Å²) in [4.78, 5) is 46.8. The van der Waals surface area contributed by atoms with Gasteiger partial charge in [-0.25, -0.2) is 9.78 Å². The van der Waals surface area contributed by atoms with E-state index in [4.69, 9.17) is 10.5 Å². The van der Waals surface area contributed by atoms with Crippen molar-refractivity contribution in [2.45, 2.75) is 19.3 Å². The third-order valence-corrected chi connectivity index (χ3v) is 7.54. The Bertz CT molecular complexity index is 1380. The Hall–Kier alpha value is -4.16. The second kappa shape index (κ2) is 10.7. The quantitative estimate of drug-likeness (QED) is 0.423. The lowest BCUT2D eigenvalue weighted by atomic mass is 10.1. The third kappa shape index (κ3) is 5.00. The van der Waals surface area contributed by atoms with Crippen LogP contribution in [0.3, 0.4) is 0 Å². The van der Waals surface area contributed by atoms with Crippen LogP contribution in [0.15, 0.2) is 55.1 Å². The average molecular weight is 536 g/mol. The summed E-state index contributed by atoms with van der Waals surface area (Å²) in [6, 6.07) is 12.8. The van der Waals surface area contributed by atoms with Crippen LogP contribution >= 0.6 is 11.3 Å². The van der Waals surface area contributed by atoms with Gasteiger partial charge in [0.05, 0.1) is 37.0 Å². The number of hydrogen-bond donors (Lipinski definition) is 2. The number of nitrogens with two attached hydrogens (primary N) is 1. The van der Waals surface area contributed by atoms with E-state index in [1.165, 1.54) is 21.2 Å². The summed E-state index contributed by atoms with van der Waals surface area (Å²) in [7, 11) is 1.60. The highest BCUT2D eigenvalue weighted by Gasteiger charge is 2.47. The van der Waals surface area contributed by atoms with Gasteiger partial charge in [0.1, 0.15) is 18.5 Å². The maximum atomic E-state index is 13.3. The van der Waals surface area contributed by atoms with Gasteiger partial charge in [-0.1, -0.05) is 41.7 Å². The summed E-state index contributed by atoms with van der Waals surface area (Å²) in [5, 5.41) is 6.59. The Labute approximate surface area is 224 Å². The fourth-order valence-electron chi connectivity index (χ4n) is 4.79. The van der Waals surface area contributed by atoms with Gasteiger partial charge >= 0.3 is 6.03 Å². The molecule has 1 aromatic heterocycles. The minimum atomic E-state index is -0.480. The maximum absolute atomic E-state index is 13.3. The summed E-state index contributed by atoms with van der Waals surface area (Å²) >= 11 is 1.40. The minimum absolute atomic E-state index is 0.00617. The molecule has 2 aliphatic rings. The first-order valence-electron chi connectivity index (χ1n) is 12.1. The first kappa shape index (κ1) is 25.5. The summed E-state index contributed by atoms with van der Waals surface area (Å²) in [6.45, 7) is 4.82. The van der Waals surface area contributed by atoms with E-state index in [2.05, 4.69) is 16.9 Å². The van der Waals surface area contributed by atoms with Crippen molar-refractivity contribution in [3.63, 3.8) is 0 Å². The summed E-state index contributed by atoms with van der Waals surface area (Å²) in [6.07, 6.45) is 1.13. The first-order chi connectivity index (χ1) is 18.4. The number of methoxy groups -OCH3 is 1. The fourth-order valence-corrected chi connectivity index (χ4v) is 5.57. The van der Waals surface area contributed by atoms with E-state index in [1.54, 1.807) is 23.1 Å². The molecule has 1 atom stereocenters. The van der Waals surface area contributed by atoms with Crippen molar-refractivity contribution in [3.05, 3.63) is 66.2 Å². The van der Waals surface area contributed by atoms with Crippen LogP contribution in [0.1, 0.15) is 11.1 Å². The van der Waals surface area contributed by atoms with Gasteiger partial charge in [-0.2, -0.15) is 5.01 Å². The average Bonchev–Trinajstić information content (AvgIpc) is 3.45. The fraction of sp³-hybridized carbons (Fsp3) is 0.308. The van der Waals surface area contributed by atoms with Gasteiger partial charge in [0.15, 0.2) is 5.13 Å². The Morgan fingerprint density at radius 2 is 2.03 bits per heavy atom. The van der Waals surface area contributed by atoms with Crippen LogP contribution in [0.4, 0.5) is 9.93 Å². The number of urea groups is 1. The Morgan fingerprint density at radius 1 is 1.24 bits per heavy atom. The summed E-state index contributed by atoms with van der Waals surface area (Å²) in [5.41, 5.74) is 8.47. The van der Waals surface area contributed by atoms with Crippen LogP contribution in [0.2, 0.25) is 0 Å². The van der Waals surface area contributed by atoms with E-state index in [-0.39, 0.29) is 44.0 Å². The molecular weight excluding hydrogens is 506 g/mol. The number of para-hydroxylation sites is 1. The number of benzene rings is 2. The number of anilines is 1.